The van der Waals surface area contributed by atoms with Gasteiger partial charge in [-0.1, -0.05) is 0 Å². The van der Waals surface area contributed by atoms with E-state index in [2.05, 4.69) is 10.6 Å². The van der Waals surface area contributed by atoms with Crippen LogP contribution in [0, 0.1) is 5.92 Å². The Kier molecular flexibility index (Phi) is 4.36. The van der Waals surface area contributed by atoms with Gasteiger partial charge in [-0.2, -0.15) is 0 Å². The van der Waals surface area contributed by atoms with Gasteiger partial charge < -0.3 is 20.5 Å². The van der Waals surface area contributed by atoms with Crippen LogP contribution in [-0.2, 0) is 9.53 Å². The number of ether oxygens (including phenoxy) is 1. The molecule has 0 saturated carbocycles. The molecule has 5 heteroatoms. The summed E-state index contributed by atoms with van der Waals surface area (Å²) in [6.45, 7) is 3.25. The second-order valence-corrected chi connectivity index (χ2v) is 5.20. The average molecular weight is 242 g/mol. The number of nitrogens with one attached hydrogen (secondary N) is 2. The number of amides is 1. The largest absolute Gasteiger partial charge is 0.386 e. The third-order valence-corrected chi connectivity index (χ3v) is 3.63. The van der Waals surface area contributed by atoms with Gasteiger partial charge in [0.15, 0.2) is 0 Å². The Morgan fingerprint density at radius 2 is 2.24 bits per heavy atom. The fourth-order valence-electron chi connectivity index (χ4n) is 2.42. The third kappa shape index (κ3) is 3.94. The standard InChI is InChI=1S/C12H22N2O3/c15-11(7-10-1-4-13-5-2-10)14-8-12(16)3-6-17-9-12/h10,13,16H,1-9H2,(H,14,15). The molecule has 0 aromatic heterocycles. The Balaban J connectivity index is 1.66. The van der Waals surface area contributed by atoms with E-state index in [-0.39, 0.29) is 5.91 Å². The highest BCUT2D eigenvalue weighted by molar-refractivity contribution is 5.76. The van der Waals surface area contributed by atoms with Crippen molar-refractivity contribution in [2.75, 3.05) is 32.8 Å². The fourth-order valence-corrected chi connectivity index (χ4v) is 2.42. The van der Waals surface area contributed by atoms with Gasteiger partial charge in [0.05, 0.1) is 6.61 Å². The number of carbonyl (C=O) groups excluding carboxylic acids is 1. The van der Waals surface area contributed by atoms with E-state index in [0.29, 0.717) is 38.5 Å². The average Bonchev–Trinajstić information content (AvgIpc) is 2.76. The maximum atomic E-state index is 11.7. The van der Waals surface area contributed by atoms with E-state index < -0.39 is 5.60 Å². The maximum absolute atomic E-state index is 11.7. The Labute approximate surface area is 102 Å². The summed E-state index contributed by atoms with van der Waals surface area (Å²) in [6, 6.07) is 0. The predicted molar refractivity (Wildman–Crippen MR) is 63.6 cm³/mol. The van der Waals surface area contributed by atoms with Crippen LogP contribution in [-0.4, -0.2) is 49.5 Å². The van der Waals surface area contributed by atoms with Crippen molar-refractivity contribution >= 4 is 5.91 Å². The van der Waals surface area contributed by atoms with Crippen molar-refractivity contribution in [3.8, 4) is 0 Å². The van der Waals surface area contributed by atoms with Crippen molar-refractivity contribution in [3.63, 3.8) is 0 Å². The monoisotopic (exact) mass is 242 g/mol. The first-order valence-electron chi connectivity index (χ1n) is 6.45. The number of hydrogen-bond donors (Lipinski definition) is 3. The molecule has 2 fully saturated rings. The molecule has 1 amide bonds. The quantitative estimate of drug-likeness (QED) is 0.630. The summed E-state index contributed by atoms with van der Waals surface area (Å²) in [5, 5.41) is 16.1. The normalized spacial score (nSPS) is 30.4. The van der Waals surface area contributed by atoms with E-state index in [0.717, 1.165) is 25.9 Å². The molecule has 2 saturated heterocycles. The van der Waals surface area contributed by atoms with Crippen molar-refractivity contribution < 1.29 is 14.6 Å². The molecular weight excluding hydrogens is 220 g/mol. The van der Waals surface area contributed by atoms with Gasteiger partial charge in [0.1, 0.15) is 5.60 Å². The summed E-state index contributed by atoms with van der Waals surface area (Å²) in [4.78, 5) is 11.7. The number of hydrogen-bond acceptors (Lipinski definition) is 4. The highest BCUT2D eigenvalue weighted by Gasteiger charge is 2.32. The van der Waals surface area contributed by atoms with E-state index in [4.69, 9.17) is 4.74 Å². The molecule has 0 radical (unpaired) electrons. The lowest BCUT2D eigenvalue weighted by Gasteiger charge is -2.24. The van der Waals surface area contributed by atoms with Gasteiger partial charge in [-0.15, -0.1) is 0 Å². The minimum absolute atomic E-state index is 0.0530. The van der Waals surface area contributed by atoms with Gasteiger partial charge in [-0.05, 0) is 31.8 Å². The topological polar surface area (TPSA) is 70.6 Å². The van der Waals surface area contributed by atoms with Gasteiger partial charge in [0.25, 0.3) is 0 Å². The van der Waals surface area contributed by atoms with E-state index in [1.165, 1.54) is 0 Å². The lowest BCUT2D eigenvalue weighted by atomic mass is 9.94. The molecule has 2 rings (SSSR count). The van der Waals surface area contributed by atoms with E-state index >= 15 is 0 Å². The minimum atomic E-state index is -0.843. The molecule has 1 unspecified atom stereocenters. The number of aliphatic hydroxyl groups is 1. The SMILES string of the molecule is O=C(CC1CCNCC1)NCC1(O)CCOC1. The molecule has 0 aliphatic carbocycles. The molecule has 5 nitrogen and oxygen atoms in total. The van der Waals surface area contributed by atoms with Crippen molar-refractivity contribution in [2.45, 2.75) is 31.3 Å². The lowest BCUT2D eigenvalue weighted by Crippen LogP contribution is -2.44. The first-order chi connectivity index (χ1) is 8.18. The highest BCUT2D eigenvalue weighted by Crippen LogP contribution is 2.18. The first kappa shape index (κ1) is 12.8. The molecule has 17 heavy (non-hydrogen) atoms. The number of piperidine rings is 1. The zero-order valence-electron chi connectivity index (χ0n) is 10.2. The Hall–Kier alpha value is -0.650. The van der Waals surface area contributed by atoms with Crippen LogP contribution < -0.4 is 10.6 Å². The summed E-state index contributed by atoms with van der Waals surface area (Å²) < 4.78 is 5.13. The Morgan fingerprint density at radius 1 is 1.47 bits per heavy atom. The van der Waals surface area contributed by atoms with Crippen LogP contribution in [0.4, 0.5) is 0 Å². The highest BCUT2D eigenvalue weighted by atomic mass is 16.5. The van der Waals surface area contributed by atoms with Crippen molar-refractivity contribution in [3.05, 3.63) is 0 Å². The summed E-state index contributed by atoms with van der Waals surface area (Å²) >= 11 is 0. The zero-order chi connectivity index (χ0) is 12.1. The maximum Gasteiger partial charge on any atom is 0.220 e. The zero-order valence-corrected chi connectivity index (χ0v) is 10.2. The van der Waals surface area contributed by atoms with Gasteiger partial charge in [-0.3, -0.25) is 4.79 Å². The summed E-state index contributed by atoms with van der Waals surface area (Å²) in [7, 11) is 0. The van der Waals surface area contributed by atoms with Crippen LogP contribution in [0.3, 0.4) is 0 Å². The van der Waals surface area contributed by atoms with Crippen molar-refractivity contribution in [2.24, 2.45) is 5.92 Å². The molecule has 2 heterocycles. The predicted octanol–water partition coefficient (Wildman–Crippen LogP) is -0.356. The van der Waals surface area contributed by atoms with Crippen LogP contribution in [0.2, 0.25) is 0 Å². The van der Waals surface area contributed by atoms with Gasteiger partial charge in [0, 0.05) is 26.0 Å². The molecule has 1 atom stereocenters. The van der Waals surface area contributed by atoms with Crippen LogP contribution in [0.25, 0.3) is 0 Å². The molecule has 3 N–H and O–H groups in total. The van der Waals surface area contributed by atoms with Gasteiger partial charge in [0.2, 0.25) is 5.91 Å². The first-order valence-corrected chi connectivity index (χ1v) is 6.45. The van der Waals surface area contributed by atoms with Gasteiger partial charge >= 0.3 is 0 Å². The summed E-state index contributed by atoms with van der Waals surface area (Å²) in [5.41, 5.74) is -0.843. The molecular formula is C12H22N2O3. The second-order valence-electron chi connectivity index (χ2n) is 5.20. The van der Waals surface area contributed by atoms with Crippen LogP contribution >= 0.6 is 0 Å². The van der Waals surface area contributed by atoms with E-state index in [9.17, 15) is 9.90 Å². The van der Waals surface area contributed by atoms with E-state index in [1.807, 2.05) is 0 Å². The Morgan fingerprint density at radius 3 is 2.88 bits per heavy atom. The van der Waals surface area contributed by atoms with Crippen molar-refractivity contribution in [1.82, 2.24) is 10.6 Å². The van der Waals surface area contributed by atoms with Crippen LogP contribution in [0.5, 0.6) is 0 Å². The molecule has 98 valence electrons. The minimum Gasteiger partial charge on any atom is -0.386 e. The van der Waals surface area contributed by atoms with Crippen LogP contribution in [0.15, 0.2) is 0 Å². The third-order valence-electron chi connectivity index (χ3n) is 3.63. The van der Waals surface area contributed by atoms with Crippen LogP contribution in [0.1, 0.15) is 25.7 Å². The number of carbonyl (C=O) groups is 1. The smallest absolute Gasteiger partial charge is 0.220 e. The summed E-state index contributed by atoms with van der Waals surface area (Å²) in [6.07, 6.45) is 3.33. The van der Waals surface area contributed by atoms with Crippen molar-refractivity contribution in [1.29, 1.82) is 0 Å². The molecule has 2 aliphatic rings. The molecule has 0 bridgehead atoms. The molecule has 0 aromatic carbocycles. The number of rotatable bonds is 4. The Bertz CT molecular complexity index is 258. The fraction of sp³-hybridized carbons (Fsp3) is 0.917. The van der Waals surface area contributed by atoms with Gasteiger partial charge in [-0.25, -0.2) is 0 Å². The summed E-state index contributed by atoms with van der Waals surface area (Å²) in [5.74, 6) is 0.544. The second kappa shape index (κ2) is 5.80. The lowest BCUT2D eigenvalue weighted by molar-refractivity contribution is -0.123. The molecule has 2 aliphatic heterocycles. The van der Waals surface area contributed by atoms with E-state index in [1.54, 1.807) is 0 Å². The molecule has 0 spiro atoms. The molecule has 0 aromatic rings.